The van der Waals surface area contributed by atoms with Crippen LogP contribution in [0.15, 0.2) is 12.4 Å². The number of piperidine rings is 1. The number of hydrogen-bond acceptors (Lipinski definition) is 4. The van der Waals surface area contributed by atoms with E-state index in [4.69, 9.17) is 0 Å². The van der Waals surface area contributed by atoms with E-state index in [1.54, 1.807) is 0 Å². The SMILES string of the molecule is CCc1cnc(N(C)CCC2CCNCC2)nc1. The third-order valence-electron chi connectivity index (χ3n) is 3.77. The smallest absolute Gasteiger partial charge is 0.224 e. The molecule has 0 aliphatic carbocycles. The zero-order valence-electron chi connectivity index (χ0n) is 11.5. The highest BCUT2D eigenvalue weighted by atomic mass is 15.2. The van der Waals surface area contributed by atoms with Gasteiger partial charge in [0.2, 0.25) is 5.95 Å². The molecule has 1 aliphatic rings. The van der Waals surface area contributed by atoms with Crippen molar-refractivity contribution in [1.82, 2.24) is 15.3 Å². The third kappa shape index (κ3) is 3.67. The zero-order valence-corrected chi connectivity index (χ0v) is 11.5. The van der Waals surface area contributed by atoms with Crippen molar-refractivity contribution < 1.29 is 0 Å². The first-order valence-corrected chi connectivity index (χ1v) is 7.02. The second-order valence-corrected chi connectivity index (χ2v) is 5.15. The van der Waals surface area contributed by atoms with E-state index in [9.17, 15) is 0 Å². The summed E-state index contributed by atoms with van der Waals surface area (Å²) >= 11 is 0. The average Bonchev–Trinajstić information content (AvgIpc) is 2.46. The van der Waals surface area contributed by atoms with Gasteiger partial charge in [-0.05, 0) is 50.3 Å². The predicted molar refractivity (Wildman–Crippen MR) is 74.9 cm³/mol. The molecule has 2 heterocycles. The minimum Gasteiger partial charge on any atom is -0.344 e. The summed E-state index contributed by atoms with van der Waals surface area (Å²) in [4.78, 5) is 11.0. The van der Waals surface area contributed by atoms with Crippen LogP contribution in [-0.4, -0.2) is 36.6 Å². The lowest BCUT2D eigenvalue weighted by Gasteiger charge is -2.25. The van der Waals surface area contributed by atoms with Crippen molar-refractivity contribution in [2.24, 2.45) is 5.92 Å². The number of hydrogen-bond donors (Lipinski definition) is 1. The Kier molecular flexibility index (Phi) is 4.93. The van der Waals surface area contributed by atoms with Crippen molar-refractivity contribution in [3.8, 4) is 0 Å². The van der Waals surface area contributed by atoms with E-state index >= 15 is 0 Å². The van der Waals surface area contributed by atoms with Crippen LogP contribution in [-0.2, 0) is 6.42 Å². The van der Waals surface area contributed by atoms with Gasteiger partial charge in [-0.3, -0.25) is 0 Å². The summed E-state index contributed by atoms with van der Waals surface area (Å²) in [5.74, 6) is 1.71. The number of nitrogens with one attached hydrogen (secondary N) is 1. The molecule has 4 nitrogen and oxygen atoms in total. The van der Waals surface area contributed by atoms with Crippen LogP contribution < -0.4 is 10.2 Å². The first kappa shape index (κ1) is 13.3. The highest BCUT2D eigenvalue weighted by molar-refractivity contribution is 5.28. The summed E-state index contributed by atoms with van der Waals surface area (Å²) in [6.07, 6.45) is 8.73. The summed E-state index contributed by atoms with van der Waals surface area (Å²) in [6.45, 7) is 5.53. The summed E-state index contributed by atoms with van der Waals surface area (Å²) < 4.78 is 0. The van der Waals surface area contributed by atoms with Crippen molar-refractivity contribution in [2.75, 3.05) is 31.6 Å². The van der Waals surface area contributed by atoms with Crippen molar-refractivity contribution in [1.29, 1.82) is 0 Å². The van der Waals surface area contributed by atoms with Gasteiger partial charge in [0.15, 0.2) is 0 Å². The predicted octanol–water partition coefficient (Wildman–Crippen LogP) is 1.86. The fourth-order valence-electron chi connectivity index (χ4n) is 2.37. The number of aromatic nitrogens is 2. The summed E-state index contributed by atoms with van der Waals surface area (Å²) in [5, 5.41) is 3.41. The molecular formula is C14H24N4. The molecule has 0 bridgehead atoms. The number of aryl methyl sites for hydroxylation is 1. The second-order valence-electron chi connectivity index (χ2n) is 5.15. The fourth-order valence-corrected chi connectivity index (χ4v) is 2.37. The van der Waals surface area contributed by atoms with Crippen LogP contribution in [0.4, 0.5) is 5.95 Å². The van der Waals surface area contributed by atoms with Crippen molar-refractivity contribution >= 4 is 5.95 Å². The lowest BCUT2D eigenvalue weighted by Crippen LogP contribution is -2.30. The molecule has 2 rings (SSSR count). The Morgan fingerprint density at radius 3 is 2.56 bits per heavy atom. The monoisotopic (exact) mass is 248 g/mol. The van der Waals surface area contributed by atoms with Crippen LogP contribution in [0.2, 0.25) is 0 Å². The van der Waals surface area contributed by atoms with E-state index < -0.39 is 0 Å². The Bertz CT molecular complexity index is 343. The van der Waals surface area contributed by atoms with Gasteiger partial charge >= 0.3 is 0 Å². The summed E-state index contributed by atoms with van der Waals surface area (Å²) in [5.41, 5.74) is 1.20. The number of rotatable bonds is 5. The molecule has 18 heavy (non-hydrogen) atoms. The second kappa shape index (κ2) is 6.69. The maximum atomic E-state index is 4.42. The first-order valence-electron chi connectivity index (χ1n) is 7.02. The molecule has 0 atom stereocenters. The van der Waals surface area contributed by atoms with Crippen LogP contribution >= 0.6 is 0 Å². The van der Waals surface area contributed by atoms with Gasteiger partial charge in [0, 0.05) is 26.0 Å². The Morgan fingerprint density at radius 2 is 1.94 bits per heavy atom. The Balaban J connectivity index is 1.80. The van der Waals surface area contributed by atoms with Gasteiger partial charge in [-0.2, -0.15) is 0 Å². The minimum atomic E-state index is 0.848. The molecule has 1 aromatic rings. The molecular weight excluding hydrogens is 224 g/mol. The van der Waals surface area contributed by atoms with Crippen molar-refractivity contribution in [3.05, 3.63) is 18.0 Å². The molecule has 0 aromatic carbocycles. The zero-order chi connectivity index (χ0) is 12.8. The minimum absolute atomic E-state index is 0.848. The highest BCUT2D eigenvalue weighted by Crippen LogP contribution is 2.17. The van der Waals surface area contributed by atoms with Gasteiger partial charge < -0.3 is 10.2 Å². The number of anilines is 1. The molecule has 1 saturated heterocycles. The highest BCUT2D eigenvalue weighted by Gasteiger charge is 2.14. The third-order valence-corrected chi connectivity index (χ3v) is 3.77. The van der Waals surface area contributed by atoms with E-state index in [1.807, 2.05) is 12.4 Å². The van der Waals surface area contributed by atoms with E-state index in [0.717, 1.165) is 24.8 Å². The molecule has 0 unspecified atom stereocenters. The number of nitrogens with zero attached hydrogens (tertiary/aromatic N) is 3. The molecule has 1 N–H and O–H groups in total. The van der Waals surface area contributed by atoms with Gasteiger partial charge in [-0.25, -0.2) is 9.97 Å². The maximum Gasteiger partial charge on any atom is 0.224 e. The molecule has 0 saturated carbocycles. The van der Waals surface area contributed by atoms with Crippen LogP contribution in [0.1, 0.15) is 31.7 Å². The van der Waals surface area contributed by atoms with Gasteiger partial charge in [0.05, 0.1) is 0 Å². The molecule has 4 heteroatoms. The molecule has 100 valence electrons. The van der Waals surface area contributed by atoms with Crippen LogP contribution in [0.5, 0.6) is 0 Å². The topological polar surface area (TPSA) is 41.1 Å². The lowest BCUT2D eigenvalue weighted by atomic mass is 9.94. The van der Waals surface area contributed by atoms with Crippen molar-refractivity contribution in [2.45, 2.75) is 32.6 Å². The Labute approximate surface area is 110 Å². The molecule has 1 fully saturated rings. The molecule has 0 amide bonds. The Hall–Kier alpha value is -1.16. The van der Waals surface area contributed by atoms with Crippen LogP contribution in [0.25, 0.3) is 0 Å². The molecule has 0 radical (unpaired) electrons. The quantitative estimate of drug-likeness (QED) is 0.863. The molecule has 0 spiro atoms. The summed E-state index contributed by atoms with van der Waals surface area (Å²) in [7, 11) is 2.09. The first-order chi connectivity index (χ1) is 8.79. The van der Waals surface area contributed by atoms with Gasteiger partial charge in [-0.15, -0.1) is 0 Å². The molecule has 1 aromatic heterocycles. The maximum absolute atomic E-state index is 4.42. The Morgan fingerprint density at radius 1 is 1.28 bits per heavy atom. The van der Waals surface area contributed by atoms with Gasteiger partial charge in [-0.1, -0.05) is 6.92 Å². The summed E-state index contributed by atoms with van der Waals surface area (Å²) in [6, 6.07) is 0. The standard InChI is InChI=1S/C14H24N4/c1-3-12-10-16-14(17-11-12)18(2)9-6-13-4-7-15-8-5-13/h10-11,13,15H,3-9H2,1-2H3. The average molecular weight is 248 g/mol. The van der Waals surface area contributed by atoms with E-state index in [-0.39, 0.29) is 0 Å². The van der Waals surface area contributed by atoms with E-state index in [2.05, 4.69) is 34.2 Å². The lowest BCUT2D eigenvalue weighted by molar-refractivity contribution is 0.356. The fraction of sp³-hybridized carbons (Fsp3) is 0.714. The largest absolute Gasteiger partial charge is 0.344 e. The van der Waals surface area contributed by atoms with E-state index in [1.165, 1.54) is 37.9 Å². The van der Waals surface area contributed by atoms with Crippen molar-refractivity contribution in [3.63, 3.8) is 0 Å². The van der Waals surface area contributed by atoms with Gasteiger partial charge in [0.25, 0.3) is 0 Å². The van der Waals surface area contributed by atoms with Crippen LogP contribution in [0, 0.1) is 5.92 Å². The van der Waals surface area contributed by atoms with Gasteiger partial charge in [0.1, 0.15) is 0 Å². The molecule has 1 aliphatic heterocycles. The van der Waals surface area contributed by atoms with Crippen LogP contribution in [0.3, 0.4) is 0 Å². The normalized spacial score (nSPS) is 16.8. The van der Waals surface area contributed by atoms with E-state index in [0.29, 0.717) is 0 Å².